The summed E-state index contributed by atoms with van der Waals surface area (Å²) >= 11 is 6.13. The fraction of sp³-hybridized carbons (Fsp3) is 0.222. The molecule has 7 nitrogen and oxygen atoms in total. The van der Waals surface area contributed by atoms with Gasteiger partial charge in [-0.25, -0.2) is 14.4 Å². The number of anilines is 2. The number of hydrogen-bond acceptors (Lipinski definition) is 5. The average Bonchev–Trinajstić information content (AvgIpc) is 3.29. The normalized spacial score (nSPS) is 14.0. The first-order chi connectivity index (χ1) is 17.3. The monoisotopic (exact) mass is 505 g/mol. The minimum absolute atomic E-state index is 0.142. The Morgan fingerprint density at radius 3 is 2.75 bits per heavy atom. The lowest BCUT2D eigenvalue weighted by molar-refractivity contribution is 0.0526. The van der Waals surface area contributed by atoms with Gasteiger partial charge in [-0.15, -0.1) is 0 Å². The number of halogens is 2. The first kappa shape index (κ1) is 24.0. The molecule has 3 heterocycles. The summed E-state index contributed by atoms with van der Waals surface area (Å²) in [6, 6.07) is 13.3. The van der Waals surface area contributed by atoms with Crippen molar-refractivity contribution in [3.63, 3.8) is 0 Å². The largest absolute Gasteiger partial charge is 0.394 e. The lowest BCUT2D eigenvalue weighted by Gasteiger charge is -2.34. The van der Waals surface area contributed by atoms with E-state index in [1.807, 2.05) is 54.9 Å². The summed E-state index contributed by atoms with van der Waals surface area (Å²) in [5.74, 6) is -0.266. The van der Waals surface area contributed by atoms with Crippen molar-refractivity contribution < 1.29 is 14.3 Å². The topological polar surface area (TPSA) is 83.3 Å². The van der Waals surface area contributed by atoms with Gasteiger partial charge in [0.1, 0.15) is 11.5 Å². The summed E-state index contributed by atoms with van der Waals surface area (Å²) in [4.78, 5) is 24.2. The highest BCUT2D eigenvalue weighted by atomic mass is 35.5. The SMILES string of the molecule is Cc1cccc([C@@H](CO)N2CCn3cc(-c4nc(Nc5ccc(F)cc5Cl)ncc4C)cc3C2=O)c1. The van der Waals surface area contributed by atoms with Gasteiger partial charge in [0.15, 0.2) is 0 Å². The number of carbonyl (C=O) groups is 1. The maximum absolute atomic E-state index is 13.5. The van der Waals surface area contributed by atoms with Gasteiger partial charge < -0.3 is 19.9 Å². The molecule has 4 aromatic rings. The number of rotatable bonds is 6. The number of nitrogens with zero attached hydrogens (tertiary/aromatic N) is 4. The lowest BCUT2D eigenvalue weighted by atomic mass is 10.0. The van der Waals surface area contributed by atoms with Gasteiger partial charge in [-0.1, -0.05) is 41.4 Å². The van der Waals surface area contributed by atoms with Crippen LogP contribution in [0.3, 0.4) is 0 Å². The van der Waals surface area contributed by atoms with Crippen molar-refractivity contribution in [1.82, 2.24) is 19.4 Å². The Labute approximate surface area is 213 Å². The van der Waals surface area contributed by atoms with Crippen molar-refractivity contribution in [1.29, 1.82) is 0 Å². The van der Waals surface area contributed by atoms with Crippen molar-refractivity contribution in [2.24, 2.45) is 0 Å². The van der Waals surface area contributed by atoms with E-state index >= 15 is 0 Å². The summed E-state index contributed by atoms with van der Waals surface area (Å²) in [7, 11) is 0. The van der Waals surface area contributed by atoms with Gasteiger partial charge >= 0.3 is 0 Å². The maximum Gasteiger partial charge on any atom is 0.271 e. The molecule has 1 aliphatic heterocycles. The van der Waals surface area contributed by atoms with E-state index in [4.69, 9.17) is 11.6 Å². The molecule has 1 atom stereocenters. The zero-order valence-electron chi connectivity index (χ0n) is 19.9. The van der Waals surface area contributed by atoms with Crippen LogP contribution < -0.4 is 5.32 Å². The van der Waals surface area contributed by atoms with Crippen LogP contribution in [0.5, 0.6) is 0 Å². The third-order valence-corrected chi connectivity index (χ3v) is 6.67. The molecule has 0 aliphatic carbocycles. The second-order valence-electron chi connectivity index (χ2n) is 8.89. The molecule has 5 rings (SSSR count). The van der Waals surface area contributed by atoms with Crippen LogP contribution in [0.4, 0.5) is 16.0 Å². The molecule has 0 fully saturated rings. The van der Waals surface area contributed by atoms with Gasteiger partial charge in [0.2, 0.25) is 5.95 Å². The van der Waals surface area contributed by atoms with Crippen LogP contribution in [-0.2, 0) is 6.54 Å². The molecule has 0 unspecified atom stereocenters. The van der Waals surface area contributed by atoms with E-state index in [-0.39, 0.29) is 17.5 Å². The maximum atomic E-state index is 13.5. The van der Waals surface area contributed by atoms with Crippen LogP contribution in [0.1, 0.15) is 33.2 Å². The number of amides is 1. The number of benzene rings is 2. The Bertz CT molecular complexity index is 1450. The van der Waals surface area contributed by atoms with Crippen molar-refractivity contribution in [3.05, 3.63) is 94.1 Å². The second-order valence-corrected chi connectivity index (χ2v) is 9.30. The number of aromatic nitrogens is 3. The van der Waals surface area contributed by atoms with Crippen LogP contribution in [-0.4, -0.2) is 43.6 Å². The molecule has 2 aromatic heterocycles. The number of aliphatic hydroxyl groups excluding tert-OH is 1. The van der Waals surface area contributed by atoms with Gasteiger partial charge in [-0.3, -0.25) is 4.79 Å². The number of aliphatic hydroxyl groups is 1. The van der Waals surface area contributed by atoms with E-state index in [1.165, 1.54) is 18.2 Å². The Balaban J connectivity index is 1.44. The van der Waals surface area contributed by atoms with Crippen LogP contribution in [0.25, 0.3) is 11.3 Å². The van der Waals surface area contributed by atoms with Crippen molar-refractivity contribution in [3.8, 4) is 11.3 Å². The zero-order chi connectivity index (χ0) is 25.4. The standard InChI is InChI=1S/C27H25ClFN5O2/c1-16-4-3-5-18(10-16)24(15-35)34-9-8-33-14-19(11-23(33)26(34)36)25-17(2)13-30-27(32-25)31-22-7-6-20(29)12-21(22)28/h3-7,10-14,24,35H,8-9,15H2,1-2H3,(H,30,31,32)/t24-/m1/s1. The highest BCUT2D eigenvalue weighted by Crippen LogP contribution is 2.31. The molecular formula is C27H25ClFN5O2. The first-order valence-corrected chi connectivity index (χ1v) is 12.0. The second kappa shape index (κ2) is 9.72. The number of carbonyl (C=O) groups excluding carboxylic acids is 1. The molecule has 9 heteroatoms. The van der Waals surface area contributed by atoms with Crippen LogP contribution in [0.15, 0.2) is 60.9 Å². The van der Waals surface area contributed by atoms with Crippen LogP contribution in [0.2, 0.25) is 5.02 Å². The molecule has 0 saturated heterocycles. The summed E-state index contributed by atoms with van der Waals surface area (Å²) < 4.78 is 15.3. The van der Waals surface area contributed by atoms with Crippen LogP contribution >= 0.6 is 11.6 Å². The highest BCUT2D eigenvalue weighted by Gasteiger charge is 2.31. The first-order valence-electron chi connectivity index (χ1n) is 11.6. The molecular weight excluding hydrogens is 481 g/mol. The van der Waals surface area contributed by atoms with E-state index in [9.17, 15) is 14.3 Å². The Kier molecular flexibility index (Phi) is 6.47. The van der Waals surface area contributed by atoms with E-state index in [1.54, 1.807) is 11.1 Å². The van der Waals surface area contributed by atoms with Gasteiger partial charge in [0, 0.05) is 31.0 Å². The number of fused-ring (bicyclic) bond motifs is 1. The molecule has 1 amide bonds. The Hall–Kier alpha value is -3.75. The fourth-order valence-electron chi connectivity index (χ4n) is 4.53. The number of nitrogens with one attached hydrogen (secondary N) is 1. The molecule has 1 aliphatic rings. The summed E-state index contributed by atoms with van der Waals surface area (Å²) in [5.41, 5.74) is 5.30. The van der Waals surface area contributed by atoms with Gasteiger partial charge in [0.05, 0.1) is 29.1 Å². The Morgan fingerprint density at radius 2 is 2.00 bits per heavy atom. The predicted octanol–water partition coefficient (Wildman–Crippen LogP) is 5.29. The zero-order valence-corrected chi connectivity index (χ0v) is 20.6. The summed E-state index contributed by atoms with van der Waals surface area (Å²) in [6.45, 7) is 4.81. The van der Waals surface area contributed by atoms with Crippen molar-refractivity contribution >= 4 is 29.1 Å². The quantitative estimate of drug-likeness (QED) is 0.372. The fourth-order valence-corrected chi connectivity index (χ4v) is 4.75. The molecule has 0 saturated carbocycles. The van der Waals surface area contributed by atoms with Gasteiger partial charge in [-0.2, -0.15) is 0 Å². The molecule has 0 spiro atoms. The molecule has 2 aromatic carbocycles. The third-order valence-electron chi connectivity index (χ3n) is 6.36. The minimum atomic E-state index is -0.431. The minimum Gasteiger partial charge on any atom is -0.394 e. The lowest BCUT2D eigenvalue weighted by Crippen LogP contribution is -2.43. The smallest absolute Gasteiger partial charge is 0.271 e. The van der Waals surface area contributed by atoms with E-state index < -0.39 is 11.9 Å². The van der Waals surface area contributed by atoms with E-state index in [0.717, 1.165) is 22.3 Å². The molecule has 184 valence electrons. The predicted molar refractivity (Wildman–Crippen MR) is 137 cm³/mol. The van der Waals surface area contributed by atoms with Crippen LogP contribution in [0, 0.1) is 19.7 Å². The van der Waals surface area contributed by atoms with E-state index in [0.29, 0.717) is 36.1 Å². The molecule has 0 bridgehead atoms. The molecule has 0 radical (unpaired) electrons. The average molecular weight is 506 g/mol. The van der Waals surface area contributed by atoms with E-state index in [2.05, 4.69) is 15.3 Å². The molecule has 36 heavy (non-hydrogen) atoms. The van der Waals surface area contributed by atoms with Crippen molar-refractivity contribution in [2.45, 2.75) is 26.4 Å². The molecule has 2 N–H and O–H groups in total. The van der Waals surface area contributed by atoms with Gasteiger partial charge in [0.25, 0.3) is 5.91 Å². The van der Waals surface area contributed by atoms with Gasteiger partial charge in [-0.05, 0) is 49.2 Å². The highest BCUT2D eigenvalue weighted by molar-refractivity contribution is 6.33. The number of hydrogen-bond donors (Lipinski definition) is 2. The third kappa shape index (κ3) is 4.57. The summed E-state index contributed by atoms with van der Waals surface area (Å²) in [5, 5.41) is 13.4. The number of aryl methyl sites for hydroxylation is 2. The summed E-state index contributed by atoms with van der Waals surface area (Å²) in [6.07, 6.45) is 3.60. The van der Waals surface area contributed by atoms with Crippen molar-refractivity contribution in [2.75, 3.05) is 18.5 Å². The Morgan fingerprint density at radius 1 is 1.17 bits per heavy atom.